The summed E-state index contributed by atoms with van der Waals surface area (Å²) in [6.07, 6.45) is 2.67. The molecule has 3 nitrogen and oxygen atoms in total. The van der Waals surface area contributed by atoms with Gasteiger partial charge in [-0.25, -0.2) is 0 Å². The monoisotopic (exact) mass is 185 g/mol. The van der Waals surface area contributed by atoms with Gasteiger partial charge >= 0.3 is 0 Å². The molecule has 2 N–H and O–H groups in total. The summed E-state index contributed by atoms with van der Waals surface area (Å²) in [5.41, 5.74) is 0. The summed E-state index contributed by atoms with van der Waals surface area (Å²) in [7, 11) is 0. The first-order chi connectivity index (χ1) is 6.13. The van der Waals surface area contributed by atoms with Gasteiger partial charge in [-0.3, -0.25) is 4.79 Å². The number of carbonyl (C=O) groups is 1. The number of aliphatic hydroxyl groups excluding tert-OH is 1. The number of nitrogens with one attached hydrogen (secondary N) is 1. The van der Waals surface area contributed by atoms with Crippen LogP contribution in [-0.4, -0.2) is 23.7 Å². The average Bonchev–Trinajstić information content (AvgIpc) is 2.28. The van der Waals surface area contributed by atoms with Crippen LogP contribution in [0.3, 0.4) is 0 Å². The molecule has 0 aromatic carbocycles. The van der Waals surface area contributed by atoms with Gasteiger partial charge in [0.2, 0.25) is 5.91 Å². The van der Waals surface area contributed by atoms with E-state index in [9.17, 15) is 9.90 Å². The van der Waals surface area contributed by atoms with Gasteiger partial charge in [0.05, 0.1) is 6.10 Å². The number of amides is 1. The van der Waals surface area contributed by atoms with Crippen molar-refractivity contribution in [3.8, 4) is 0 Å². The Hall–Kier alpha value is -0.570. The summed E-state index contributed by atoms with van der Waals surface area (Å²) < 4.78 is 0. The molecular weight excluding hydrogens is 166 g/mol. The van der Waals surface area contributed by atoms with E-state index in [2.05, 4.69) is 5.32 Å². The molecule has 0 aromatic heterocycles. The molecule has 1 saturated heterocycles. The maximum atomic E-state index is 11.5. The Labute approximate surface area is 79.5 Å². The summed E-state index contributed by atoms with van der Waals surface area (Å²) in [4.78, 5) is 11.5. The molecule has 1 rings (SSSR count). The standard InChI is InChI=1S/C10H19NO2/c1-7(8(2)12)9-5-3-4-6-11-10(9)13/h7-9,12H,3-6H2,1-2H3,(H,11,13). The molecule has 0 aliphatic carbocycles. The lowest BCUT2D eigenvalue weighted by molar-refractivity contribution is -0.127. The van der Waals surface area contributed by atoms with E-state index >= 15 is 0 Å². The van der Waals surface area contributed by atoms with Gasteiger partial charge in [0.25, 0.3) is 0 Å². The van der Waals surface area contributed by atoms with E-state index in [1.165, 1.54) is 0 Å². The van der Waals surface area contributed by atoms with Crippen molar-refractivity contribution < 1.29 is 9.90 Å². The van der Waals surface area contributed by atoms with Crippen LogP contribution in [0.25, 0.3) is 0 Å². The number of hydrogen-bond donors (Lipinski definition) is 2. The zero-order valence-electron chi connectivity index (χ0n) is 8.42. The van der Waals surface area contributed by atoms with Gasteiger partial charge in [0.1, 0.15) is 0 Å². The Morgan fingerprint density at radius 1 is 1.46 bits per heavy atom. The molecule has 1 heterocycles. The minimum absolute atomic E-state index is 0.00231. The lowest BCUT2D eigenvalue weighted by atomic mass is 9.86. The van der Waals surface area contributed by atoms with E-state index < -0.39 is 6.10 Å². The van der Waals surface area contributed by atoms with Crippen LogP contribution in [0.2, 0.25) is 0 Å². The molecule has 0 aromatic rings. The summed E-state index contributed by atoms with van der Waals surface area (Å²) in [5.74, 6) is 0.187. The van der Waals surface area contributed by atoms with Crippen LogP contribution in [0.4, 0.5) is 0 Å². The van der Waals surface area contributed by atoms with Crippen LogP contribution in [0.5, 0.6) is 0 Å². The zero-order valence-corrected chi connectivity index (χ0v) is 8.42. The third kappa shape index (κ3) is 2.69. The van der Waals surface area contributed by atoms with Gasteiger partial charge < -0.3 is 10.4 Å². The van der Waals surface area contributed by atoms with Gasteiger partial charge in [0, 0.05) is 12.5 Å². The number of hydrogen-bond acceptors (Lipinski definition) is 2. The fourth-order valence-corrected chi connectivity index (χ4v) is 1.80. The van der Waals surface area contributed by atoms with Crippen molar-refractivity contribution in [2.75, 3.05) is 6.54 Å². The second-order valence-electron chi connectivity index (χ2n) is 3.99. The molecule has 0 saturated carbocycles. The lowest BCUT2D eigenvalue weighted by Crippen LogP contribution is -2.36. The van der Waals surface area contributed by atoms with E-state index in [1.54, 1.807) is 6.92 Å². The van der Waals surface area contributed by atoms with Crippen LogP contribution in [-0.2, 0) is 4.79 Å². The van der Waals surface area contributed by atoms with Crippen LogP contribution in [0, 0.1) is 11.8 Å². The molecule has 1 aliphatic heterocycles. The molecule has 13 heavy (non-hydrogen) atoms. The highest BCUT2D eigenvalue weighted by Gasteiger charge is 2.28. The predicted molar refractivity (Wildman–Crippen MR) is 51.2 cm³/mol. The fraction of sp³-hybridized carbons (Fsp3) is 0.900. The van der Waals surface area contributed by atoms with Crippen LogP contribution >= 0.6 is 0 Å². The number of rotatable bonds is 2. The molecule has 3 atom stereocenters. The van der Waals surface area contributed by atoms with Crippen LogP contribution < -0.4 is 5.32 Å². The summed E-state index contributed by atoms with van der Waals surface area (Å²) in [6, 6.07) is 0. The molecule has 1 amide bonds. The largest absolute Gasteiger partial charge is 0.393 e. The Balaban J connectivity index is 2.58. The van der Waals surface area contributed by atoms with E-state index in [1.807, 2.05) is 6.92 Å². The maximum Gasteiger partial charge on any atom is 0.223 e. The van der Waals surface area contributed by atoms with E-state index in [-0.39, 0.29) is 17.7 Å². The molecule has 76 valence electrons. The Morgan fingerprint density at radius 3 is 2.77 bits per heavy atom. The topological polar surface area (TPSA) is 49.3 Å². The van der Waals surface area contributed by atoms with E-state index in [0.717, 1.165) is 25.8 Å². The normalized spacial score (nSPS) is 28.8. The minimum atomic E-state index is -0.395. The smallest absolute Gasteiger partial charge is 0.223 e. The predicted octanol–water partition coefficient (Wildman–Crippen LogP) is 0.920. The van der Waals surface area contributed by atoms with Crippen molar-refractivity contribution in [2.45, 2.75) is 39.2 Å². The quantitative estimate of drug-likeness (QED) is 0.672. The second kappa shape index (κ2) is 4.61. The highest BCUT2D eigenvalue weighted by Crippen LogP contribution is 2.23. The third-order valence-electron chi connectivity index (χ3n) is 2.97. The SMILES string of the molecule is CC(O)C(C)C1CCCCNC1=O. The Morgan fingerprint density at radius 2 is 2.15 bits per heavy atom. The summed E-state index contributed by atoms with van der Waals surface area (Å²) in [6.45, 7) is 4.49. The van der Waals surface area contributed by atoms with E-state index in [0.29, 0.717) is 0 Å². The van der Waals surface area contributed by atoms with Gasteiger partial charge in [-0.15, -0.1) is 0 Å². The first kappa shape index (κ1) is 10.5. The minimum Gasteiger partial charge on any atom is -0.393 e. The molecule has 1 fully saturated rings. The molecule has 3 heteroatoms. The molecule has 0 radical (unpaired) electrons. The molecule has 0 spiro atoms. The molecule has 3 unspecified atom stereocenters. The first-order valence-corrected chi connectivity index (χ1v) is 5.08. The van der Waals surface area contributed by atoms with Crippen LogP contribution in [0.1, 0.15) is 33.1 Å². The lowest BCUT2D eigenvalue weighted by Gasteiger charge is -2.23. The third-order valence-corrected chi connectivity index (χ3v) is 2.97. The molecular formula is C10H19NO2. The fourth-order valence-electron chi connectivity index (χ4n) is 1.80. The summed E-state index contributed by atoms with van der Waals surface area (Å²) >= 11 is 0. The van der Waals surface area contributed by atoms with Crippen molar-refractivity contribution in [1.29, 1.82) is 0 Å². The Bertz CT molecular complexity index is 180. The maximum absolute atomic E-state index is 11.5. The van der Waals surface area contributed by atoms with Crippen molar-refractivity contribution in [2.24, 2.45) is 11.8 Å². The zero-order chi connectivity index (χ0) is 9.84. The van der Waals surface area contributed by atoms with Gasteiger partial charge in [-0.2, -0.15) is 0 Å². The Kier molecular flexibility index (Phi) is 3.72. The van der Waals surface area contributed by atoms with Crippen molar-refractivity contribution in [3.05, 3.63) is 0 Å². The molecule has 1 aliphatic rings. The van der Waals surface area contributed by atoms with Crippen molar-refractivity contribution in [3.63, 3.8) is 0 Å². The first-order valence-electron chi connectivity index (χ1n) is 5.08. The highest BCUT2D eigenvalue weighted by molar-refractivity contribution is 5.79. The van der Waals surface area contributed by atoms with Gasteiger partial charge in [-0.1, -0.05) is 13.3 Å². The summed E-state index contributed by atoms with van der Waals surface area (Å²) in [5, 5.41) is 12.3. The van der Waals surface area contributed by atoms with Gasteiger partial charge in [-0.05, 0) is 25.7 Å². The van der Waals surface area contributed by atoms with E-state index in [4.69, 9.17) is 0 Å². The van der Waals surface area contributed by atoms with Gasteiger partial charge in [0.15, 0.2) is 0 Å². The second-order valence-corrected chi connectivity index (χ2v) is 3.99. The highest BCUT2D eigenvalue weighted by atomic mass is 16.3. The number of aliphatic hydroxyl groups is 1. The average molecular weight is 185 g/mol. The van der Waals surface area contributed by atoms with Crippen molar-refractivity contribution >= 4 is 5.91 Å². The van der Waals surface area contributed by atoms with Crippen molar-refractivity contribution in [1.82, 2.24) is 5.32 Å². The molecule has 0 bridgehead atoms. The van der Waals surface area contributed by atoms with Crippen LogP contribution in [0.15, 0.2) is 0 Å². The number of carbonyl (C=O) groups excluding carboxylic acids is 1.